The third-order valence-electron chi connectivity index (χ3n) is 2.50. The zero-order valence-electron chi connectivity index (χ0n) is 10.1. The van der Waals surface area contributed by atoms with Crippen molar-refractivity contribution >= 4 is 5.82 Å². The van der Waals surface area contributed by atoms with Gasteiger partial charge in [0.1, 0.15) is 6.61 Å². The van der Waals surface area contributed by atoms with Gasteiger partial charge in [0.05, 0.1) is 0 Å². The molecule has 0 aliphatic rings. The van der Waals surface area contributed by atoms with Crippen LogP contribution in [0, 0.1) is 13.8 Å². The van der Waals surface area contributed by atoms with Crippen molar-refractivity contribution < 1.29 is 4.74 Å². The molecule has 0 saturated heterocycles. The zero-order valence-corrected chi connectivity index (χ0v) is 10.1. The Bertz CT molecular complexity index is 523. The van der Waals surface area contributed by atoms with Crippen molar-refractivity contribution in [2.24, 2.45) is 0 Å². The molecule has 3 nitrogen and oxygen atoms in total. The Morgan fingerprint density at radius 2 is 2.00 bits per heavy atom. The van der Waals surface area contributed by atoms with Gasteiger partial charge in [0.2, 0.25) is 0 Å². The van der Waals surface area contributed by atoms with Gasteiger partial charge >= 0.3 is 0 Å². The summed E-state index contributed by atoms with van der Waals surface area (Å²) in [6.07, 6.45) is 0. The first-order valence-electron chi connectivity index (χ1n) is 5.56. The number of hydrogen-bond donors (Lipinski definition) is 1. The van der Waals surface area contributed by atoms with Gasteiger partial charge in [-0.3, -0.25) is 0 Å². The molecule has 2 aromatic rings. The Morgan fingerprint density at radius 3 is 2.71 bits per heavy atom. The van der Waals surface area contributed by atoms with E-state index < -0.39 is 0 Å². The van der Waals surface area contributed by atoms with E-state index in [1.807, 2.05) is 31.2 Å². The quantitative estimate of drug-likeness (QED) is 0.878. The summed E-state index contributed by atoms with van der Waals surface area (Å²) >= 11 is 0. The van der Waals surface area contributed by atoms with E-state index >= 15 is 0 Å². The third-order valence-corrected chi connectivity index (χ3v) is 2.50. The molecule has 3 heteroatoms. The molecule has 2 N–H and O–H groups in total. The van der Waals surface area contributed by atoms with E-state index in [2.05, 4.69) is 24.0 Å². The molecule has 17 heavy (non-hydrogen) atoms. The van der Waals surface area contributed by atoms with Gasteiger partial charge in [-0.05, 0) is 31.5 Å². The lowest BCUT2D eigenvalue weighted by Crippen LogP contribution is -2.01. The van der Waals surface area contributed by atoms with E-state index in [0.29, 0.717) is 18.2 Å². The molecule has 0 fully saturated rings. The Kier molecular flexibility index (Phi) is 3.28. The molecule has 0 saturated carbocycles. The van der Waals surface area contributed by atoms with Gasteiger partial charge in [-0.15, -0.1) is 0 Å². The first-order chi connectivity index (χ1) is 8.15. The van der Waals surface area contributed by atoms with Crippen LogP contribution in [-0.4, -0.2) is 4.98 Å². The molecular formula is C14H16N2O. The Balaban J connectivity index is 2.07. The number of ether oxygens (including phenoxy) is 1. The monoisotopic (exact) mass is 228 g/mol. The highest BCUT2D eigenvalue weighted by molar-refractivity contribution is 5.46. The molecular weight excluding hydrogens is 212 g/mol. The number of benzene rings is 1. The van der Waals surface area contributed by atoms with Crippen LogP contribution in [0.2, 0.25) is 0 Å². The summed E-state index contributed by atoms with van der Waals surface area (Å²) in [5.74, 6) is 1.08. The second-order valence-electron chi connectivity index (χ2n) is 4.11. The number of aromatic nitrogens is 1. The molecule has 0 bridgehead atoms. The molecule has 1 heterocycles. The van der Waals surface area contributed by atoms with E-state index in [-0.39, 0.29) is 0 Å². The van der Waals surface area contributed by atoms with Crippen molar-refractivity contribution in [3.63, 3.8) is 0 Å². The molecule has 88 valence electrons. The van der Waals surface area contributed by atoms with Crippen molar-refractivity contribution in [3.8, 4) is 5.75 Å². The van der Waals surface area contributed by atoms with E-state index in [9.17, 15) is 0 Å². The summed E-state index contributed by atoms with van der Waals surface area (Å²) in [7, 11) is 0. The molecule has 1 aromatic heterocycles. The van der Waals surface area contributed by atoms with Crippen LogP contribution >= 0.6 is 0 Å². The second kappa shape index (κ2) is 4.87. The first-order valence-corrected chi connectivity index (χ1v) is 5.56. The topological polar surface area (TPSA) is 48.1 Å². The first kappa shape index (κ1) is 11.5. The van der Waals surface area contributed by atoms with E-state index in [1.165, 1.54) is 5.56 Å². The molecule has 2 rings (SSSR count). The molecule has 0 spiro atoms. The van der Waals surface area contributed by atoms with Crippen LogP contribution in [0.4, 0.5) is 5.82 Å². The van der Waals surface area contributed by atoms with E-state index in [4.69, 9.17) is 10.5 Å². The fourth-order valence-corrected chi connectivity index (χ4v) is 1.65. The molecule has 0 unspecified atom stereocenters. The maximum Gasteiger partial charge on any atom is 0.166 e. The minimum absolute atomic E-state index is 0.442. The van der Waals surface area contributed by atoms with Gasteiger partial charge in [-0.1, -0.05) is 29.8 Å². The Hall–Kier alpha value is -2.03. The van der Waals surface area contributed by atoms with Gasteiger partial charge in [-0.25, -0.2) is 4.98 Å². The SMILES string of the molecule is Cc1cccc(COc2ccc(C)nc2N)c1. The molecule has 0 amide bonds. The van der Waals surface area contributed by atoms with Crippen LogP contribution in [0.3, 0.4) is 0 Å². The van der Waals surface area contributed by atoms with Crippen LogP contribution in [0.15, 0.2) is 36.4 Å². The predicted octanol–water partition coefficient (Wildman–Crippen LogP) is 2.86. The summed E-state index contributed by atoms with van der Waals surface area (Å²) in [4.78, 5) is 4.16. The van der Waals surface area contributed by atoms with Crippen LogP contribution in [-0.2, 0) is 6.61 Å². The lowest BCUT2D eigenvalue weighted by Gasteiger charge is -2.09. The van der Waals surface area contributed by atoms with Gasteiger partial charge < -0.3 is 10.5 Å². The highest BCUT2D eigenvalue weighted by Gasteiger charge is 2.02. The highest BCUT2D eigenvalue weighted by atomic mass is 16.5. The summed E-state index contributed by atoms with van der Waals surface area (Å²) in [6, 6.07) is 12.0. The second-order valence-corrected chi connectivity index (χ2v) is 4.11. The smallest absolute Gasteiger partial charge is 0.166 e. The number of rotatable bonds is 3. The standard InChI is InChI=1S/C14H16N2O/c1-10-4-3-5-12(8-10)9-17-13-7-6-11(2)16-14(13)15/h3-8H,9H2,1-2H3,(H2,15,16). The predicted molar refractivity (Wildman–Crippen MR) is 68.9 cm³/mol. The number of anilines is 1. The average molecular weight is 228 g/mol. The van der Waals surface area contributed by atoms with Gasteiger partial charge in [-0.2, -0.15) is 0 Å². The summed E-state index contributed by atoms with van der Waals surface area (Å²) < 4.78 is 5.65. The fourth-order valence-electron chi connectivity index (χ4n) is 1.65. The largest absolute Gasteiger partial charge is 0.485 e. The fraction of sp³-hybridized carbons (Fsp3) is 0.214. The van der Waals surface area contributed by atoms with Crippen LogP contribution in [0.1, 0.15) is 16.8 Å². The Labute approximate surface area is 101 Å². The summed E-state index contributed by atoms with van der Waals surface area (Å²) in [5.41, 5.74) is 9.03. The summed E-state index contributed by atoms with van der Waals surface area (Å²) in [5, 5.41) is 0. The zero-order chi connectivity index (χ0) is 12.3. The van der Waals surface area contributed by atoms with Gasteiger partial charge in [0.15, 0.2) is 11.6 Å². The number of nitrogen functional groups attached to an aromatic ring is 1. The highest BCUT2D eigenvalue weighted by Crippen LogP contribution is 2.20. The molecule has 0 aliphatic heterocycles. The Morgan fingerprint density at radius 1 is 1.18 bits per heavy atom. The number of nitrogens with two attached hydrogens (primary N) is 1. The minimum atomic E-state index is 0.442. The molecule has 0 aliphatic carbocycles. The van der Waals surface area contributed by atoms with Gasteiger partial charge in [0.25, 0.3) is 0 Å². The normalized spacial score (nSPS) is 10.2. The van der Waals surface area contributed by atoms with Crippen molar-refractivity contribution in [3.05, 3.63) is 53.2 Å². The third kappa shape index (κ3) is 2.97. The number of hydrogen-bond acceptors (Lipinski definition) is 3. The van der Waals surface area contributed by atoms with Crippen LogP contribution in [0.25, 0.3) is 0 Å². The molecule has 1 aromatic carbocycles. The average Bonchev–Trinajstić information content (AvgIpc) is 2.28. The summed E-state index contributed by atoms with van der Waals surface area (Å²) in [6.45, 7) is 4.47. The number of pyridine rings is 1. The number of aryl methyl sites for hydroxylation is 2. The van der Waals surface area contributed by atoms with Crippen molar-refractivity contribution in [2.75, 3.05) is 5.73 Å². The van der Waals surface area contributed by atoms with Crippen molar-refractivity contribution in [2.45, 2.75) is 20.5 Å². The molecule has 0 radical (unpaired) electrons. The lowest BCUT2D eigenvalue weighted by atomic mass is 10.1. The maximum absolute atomic E-state index is 5.78. The number of nitrogens with zero attached hydrogens (tertiary/aromatic N) is 1. The lowest BCUT2D eigenvalue weighted by molar-refractivity contribution is 0.307. The minimum Gasteiger partial charge on any atom is -0.485 e. The van der Waals surface area contributed by atoms with E-state index in [1.54, 1.807) is 0 Å². The molecule has 0 atom stereocenters. The van der Waals surface area contributed by atoms with Crippen LogP contribution < -0.4 is 10.5 Å². The van der Waals surface area contributed by atoms with Gasteiger partial charge in [0, 0.05) is 5.69 Å². The van der Waals surface area contributed by atoms with E-state index in [0.717, 1.165) is 11.3 Å². The van der Waals surface area contributed by atoms with Crippen molar-refractivity contribution in [1.29, 1.82) is 0 Å². The maximum atomic E-state index is 5.78. The van der Waals surface area contributed by atoms with Crippen LogP contribution in [0.5, 0.6) is 5.75 Å². The van der Waals surface area contributed by atoms with Crippen molar-refractivity contribution in [1.82, 2.24) is 4.98 Å².